The summed E-state index contributed by atoms with van der Waals surface area (Å²) in [4.78, 5) is 25.7. The molecule has 3 fully saturated rings. The fraction of sp³-hybridized carbons (Fsp3) is 0.714. The average molecular weight is 516 g/mol. The highest BCUT2D eigenvalue weighted by molar-refractivity contribution is 5.90. The molecule has 1 aromatic heterocycles. The number of fused-ring (bicyclic) bond motifs is 6. The molecule has 4 aliphatic carbocycles. The number of alkyl halides is 1. The molecule has 0 radical (unpaired) electrons. The number of halogens is 1. The Morgan fingerprint density at radius 2 is 2.16 bits per heavy atom. The first-order chi connectivity index (χ1) is 17.6. The number of aliphatic hydroxyl groups is 2. The predicted octanol–water partition coefficient (Wildman–Crippen LogP) is 3.99. The van der Waals surface area contributed by atoms with Crippen molar-refractivity contribution >= 4 is 11.9 Å². The summed E-state index contributed by atoms with van der Waals surface area (Å²) < 4.78 is 20.3. The molecule has 1 heterocycles. The number of ether oxygens (including phenoxy) is 1. The van der Waals surface area contributed by atoms with Gasteiger partial charge in [0, 0.05) is 11.6 Å². The minimum Gasteiger partial charge on any atom is -0.388 e. The molecule has 8 atom stereocenters. The number of carbonyl (C=O) groups is 1. The summed E-state index contributed by atoms with van der Waals surface area (Å²) in [5.41, 5.74) is 1.03. The van der Waals surface area contributed by atoms with Gasteiger partial charge < -0.3 is 14.9 Å². The van der Waals surface area contributed by atoms with Crippen LogP contribution in [-0.4, -0.2) is 57.0 Å². The van der Waals surface area contributed by atoms with E-state index in [2.05, 4.69) is 18.2 Å². The van der Waals surface area contributed by atoms with Gasteiger partial charge in [0.05, 0.1) is 18.3 Å². The van der Waals surface area contributed by atoms with Crippen LogP contribution < -0.4 is 0 Å². The number of carbonyl (C=O) groups excluding carboxylic acids is 1. The van der Waals surface area contributed by atoms with Crippen molar-refractivity contribution < 1.29 is 24.1 Å². The average Bonchev–Trinajstić information content (AvgIpc) is 3.38. The van der Waals surface area contributed by atoms with Gasteiger partial charge in [0.1, 0.15) is 18.9 Å². The van der Waals surface area contributed by atoms with E-state index in [1.165, 1.54) is 18.6 Å². The molecule has 8 nitrogen and oxygen atoms in total. The van der Waals surface area contributed by atoms with Gasteiger partial charge in [-0.2, -0.15) is 10.0 Å². The van der Waals surface area contributed by atoms with Crippen molar-refractivity contribution in [2.24, 2.45) is 33.8 Å². The first-order valence-electron chi connectivity index (χ1n) is 13.4. The van der Waals surface area contributed by atoms with Gasteiger partial charge in [0.25, 0.3) is 0 Å². The van der Waals surface area contributed by atoms with E-state index in [-0.39, 0.29) is 23.2 Å². The van der Waals surface area contributed by atoms with Crippen LogP contribution in [0, 0.1) is 33.5 Å². The largest absolute Gasteiger partial charge is 0.388 e. The molecule has 0 aromatic carbocycles. The van der Waals surface area contributed by atoms with E-state index in [1.54, 1.807) is 6.08 Å². The molecule has 0 spiro atoms. The van der Waals surface area contributed by atoms with Gasteiger partial charge >= 0.3 is 0 Å². The summed E-state index contributed by atoms with van der Waals surface area (Å²) >= 11 is 0. The van der Waals surface area contributed by atoms with Crippen LogP contribution in [0.15, 0.2) is 29.1 Å². The zero-order chi connectivity index (χ0) is 26.6. The van der Waals surface area contributed by atoms with Crippen molar-refractivity contribution in [2.45, 2.75) is 83.8 Å². The molecular formula is C28H38FN3O5. The summed E-state index contributed by atoms with van der Waals surface area (Å²) in [5, 5.41) is 28.4. The molecule has 2 N–H and O–H groups in total. The first kappa shape index (κ1) is 26.4. The van der Waals surface area contributed by atoms with Crippen molar-refractivity contribution in [3.63, 3.8) is 0 Å². The number of hydrogen-bond acceptors (Lipinski definition) is 7. The molecular weight excluding hydrogens is 477 g/mol. The van der Waals surface area contributed by atoms with Gasteiger partial charge in [-0.15, -0.1) is 0 Å². The highest BCUT2D eigenvalue weighted by Crippen LogP contribution is 2.69. The van der Waals surface area contributed by atoms with E-state index in [0.29, 0.717) is 19.4 Å². The summed E-state index contributed by atoms with van der Waals surface area (Å²) in [6.07, 6.45) is 10.3. The Kier molecular flexibility index (Phi) is 6.78. The van der Waals surface area contributed by atoms with Gasteiger partial charge in [-0.05, 0) is 80.3 Å². The van der Waals surface area contributed by atoms with Crippen LogP contribution in [0.25, 0.3) is 6.08 Å². The summed E-state index contributed by atoms with van der Waals surface area (Å²) in [6.45, 7) is 5.06. The fourth-order valence-electron chi connectivity index (χ4n) is 8.80. The van der Waals surface area contributed by atoms with Gasteiger partial charge in [-0.3, -0.25) is 9.48 Å². The molecule has 9 heteroatoms. The zero-order valence-electron chi connectivity index (χ0n) is 21.9. The number of nitrogens with zero attached hydrogens (tertiary/aromatic N) is 3. The zero-order valence-corrected chi connectivity index (χ0v) is 21.9. The second-order valence-corrected chi connectivity index (χ2v) is 11.9. The third-order valence-corrected chi connectivity index (χ3v) is 10.2. The SMILES string of the molecule is CC(O)O[C@]1(C(=O)CO)CCC2C3CCC4=Cc5nn(C/C=C\CF)cc5CC4(C)C3C(N=O)CC21C. The number of ketones is 1. The molecule has 0 aliphatic heterocycles. The standard InChI is InChI=1S/C28H38FN3O5/c1-17(34)37-28(24(35)16-33)9-8-21-20-7-6-19-12-22-18(15-32(30-22)11-5-4-10-29)13-26(19,2)25(20)23(31-36)14-27(21,28)3/h4-5,12,15,17,20-21,23,25,33-34H,6-11,13-14,16H2,1-3H3/b5-4-/t17?,20?,21?,23?,25?,26?,27?,28-/m0/s1. The van der Waals surface area contributed by atoms with Crippen LogP contribution >= 0.6 is 0 Å². The smallest absolute Gasteiger partial charge is 0.190 e. The molecule has 3 saturated carbocycles. The van der Waals surface area contributed by atoms with E-state index in [9.17, 15) is 24.3 Å². The van der Waals surface area contributed by atoms with Crippen molar-refractivity contribution in [1.29, 1.82) is 0 Å². The molecule has 37 heavy (non-hydrogen) atoms. The minimum atomic E-state index is -1.33. The number of allylic oxidation sites excluding steroid dienone is 3. The number of aliphatic hydroxyl groups excluding tert-OH is 2. The van der Waals surface area contributed by atoms with Crippen LogP contribution in [0.5, 0.6) is 0 Å². The van der Waals surface area contributed by atoms with Gasteiger partial charge in [-0.1, -0.05) is 36.7 Å². The summed E-state index contributed by atoms with van der Waals surface area (Å²) in [7, 11) is 0. The Morgan fingerprint density at radius 1 is 1.38 bits per heavy atom. The lowest BCUT2D eigenvalue weighted by molar-refractivity contribution is -0.228. The molecule has 4 aliphatic rings. The van der Waals surface area contributed by atoms with Crippen molar-refractivity contribution in [1.82, 2.24) is 9.78 Å². The third-order valence-electron chi connectivity index (χ3n) is 10.2. The van der Waals surface area contributed by atoms with E-state index in [0.717, 1.165) is 36.9 Å². The van der Waals surface area contributed by atoms with Crippen molar-refractivity contribution in [3.8, 4) is 0 Å². The predicted molar refractivity (Wildman–Crippen MR) is 136 cm³/mol. The highest BCUT2D eigenvalue weighted by Gasteiger charge is 2.70. The van der Waals surface area contributed by atoms with Crippen LogP contribution in [0.2, 0.25) is 0 Å². The summed E-state index contributed by atoms with van der Waals surface area (Å²) in [5.74, 6) is -0.144. The maximum Gasteiger partial charge on any atom is 0.190 e. The monoisotopic (exact) mass is 515 g/mol. The van der Waals surface area contributed by atoms with E-state index in [1.807, 2.05) is 17.8 Å². The Hall–Kier alpha value is -2.23. The number of nitroso groups, excluding NO2 is 1. The lowest BCUT2D eigenvalue weighted by Crippen LogP contribution is -2.63. The Morgan fingerprint density at radius 3 is 2.84 bits per heavy atom. The van der Waals surface area contributed by atoms with Gasteiger partial charge in [-0.25, -0.2) is 4.39 Å². The fourth-order valence-corrected chi connectivity index (χ4v) is 8.80. The van der Waals surface area contributed by atoms with Crippen LogP contribution in [0.4, 0.5) is 4.39 Å². The quantitative estimate of drug-likeness (QED) is 0.307. The second-order valence-electron chi connectivity index (χ2n) is 11.9. The minimum absolute atomic E-state index is 0.0117. The third kappa shape index (κ3) is 3.88. The van der Waals surface area contributed by atoms with Gasteiger partial charge in [0.2, 0.25) is 0 Å². The Bertz CT molecular complexity index is 1130. The molecule has 5 rings (SSSR count). The second kappa shape index (κ2) is 9.50. The van der Waals surface area contributed by atoms with E-state index < -0.39 is 42.4 Å². The van der Waals surface area contributed by atoms with Crippen LogP contribution in [0.1, 0.15) is 64.1 Å². The van der Waals surface area contributed by atoms with Crippen molar-refractivity contribution in [2.75, 3.05) is 13.3 Å². The van der Waals surface area contributed by atoms with Crippen LogP contribution in [0.3, 0.4) is 0 Å². The molecule has 202 valence electrons. The molecule has 7 unspecified atom stereocenters. The molecule has 1 aromatic rings. The topological polar surface area (TPSA) is 114 Å². The van der Waals surface area contributed by atoms with E-state index >= 15 is 0 Å². The first-order valence-corrected chi connectivity index (χ1v) is 13.4. The van der Waals surface area contributed by atoms with Crippen LogP contribution in [-0.2, 0) is 22.5 Å². The van der Waals surface area contributed by atoms with Gasteiger partial charge in [0.15, 0.2) is 12.1 Å². The lowest BCUT2D eigenvalue weighted by atomic mass is 9.45. The Balaban J connectivity index is 1.51. The highest BCUT2D eigenvalue weighted by atomic mass is 19.1. The lowest BCUT2D eigenvalue weighted by Gasteiger charge is -2.60. The molecule has 0 saturated heterocycles. The number of hydrogen-bond donors (Lipinski definition) is 2. The number of aromatic nitrogens is 2. The number of Topliss-reactive ketones (excluding diaryl/α,β-unsaturated/α-hetero) is 1. The molecule has 0 bridgehead atoms. The number of rotatable bonds is 8. The summed E-state index contributed by atoms with van der Waals surface area (Å²) in [6, 6.07) is -0.523. The maximum absolute atomic E-state index is 13.2. The molecule has 0 amide bonds. The Labute approximate surface area is 216 Å². The van der Waals surface area contributed by atoms with Crippen molar-refractivity contribution in [3.05, 3.63) is 40.1 Å². The normalized spacial score (nSPS) is 39.4. The van der Waals surface area contributed by atoms with E-state index in [4.69, 9.17) is 9.84 Å². The maximum atomic E-state index is 13.2.